The van der Waals surface area contributed by atoms with E-state index in [9.17, 15) is 24.3 Å². The molecule has 0 aliphatic heterocycles. The summed E-state index contributed by atoms with van der Waals surface area (Å²) in [4.78, 5) is 48.9. The molecule has 0 spiro atoms. The van der Waals surface area contributed by atoms with Crippen molar-refractivity contribution in [3.63, 3.8) is 0 Å². The second kappa shape index (κ2) is 12.7. The first-order valence-corrected chi connectivity index (χ1v) is 10.6. The minimum absolute atomic E-state index is 0.0469. The number of carboxylic acids is 1. The first kappa shape index (κ1) is 26.9. The fraction of sp³-hybridized carbons (Fsp3) is 0.545. The normalized spacial score (nSPS) is 14.7. The van der Waals surface area contributed by atoms with Gasteiger partial charge in [-0.1, -0.05) is 46.2 Å². The summed E-state index contributed by atoms with van der Waals surface area (Å²) in [5, 5.41) is 25.9. The first-order chi connectivity index (χ1) is 15.0. The van der Waals surface area contributed by atoms with Gasteiger partial charge in [-0.15, -0.1) is 0 Å². The average molecular weight is 451 g/mol. The summed E-state index contributed by atoms with van der Waals surface area (Å²) < 4.78 is 0. The summed E-state index contributed by atoms with van der Waals surface area (Å²) in [6.07, 6.45) is 0.646. The van der Waals surface area contributed by atoms with Crippen LogP contribution in [0.15, 0.2) is 24.3 Å². The molecule has 1 aromatic carbocycles. The molecule has 1 rings (SSSR count). The van der Waals surface area contributed by atoms with E-state index in [1.165, 1.54) is 12.1 Å². The maximum absolute atomic E-state index is 13.1. The van der Waals surface area contributed by atoms with Crippen molar-refractivity contribution in [2.45, 2.75) is 58.7 Å². The molecule has 3 amide bonds. The Balaban J connectivity index is 3.06. The van der Waals surface area contributed by atoms with Gasteiger partial charge in [-0.25, -0.2) is 0 Å². The zero-order valence-electron chi connectivity index (χ0n) is 18.9. The number of hydrogen-bond acceptors (Lipinski definition) is 6. The number of phenolic OH excluding ortho intramolecular Hbond substituents is 1. The maximum Gasteiger partial charge on any atom is 0.322 e. The number of carbonyl (C=O) groups excluding carboxylic acids is 3. The molecule has 10 nitrogen and oxygen atoms in total. The van der Waals surface area contributed by atoms with Crippen LogP contribution in [0.1, 0.15) is 39.7 Å². The van der Waals surface area contributed by atoms with Crippen molar-refractivity contribution in [3.8, 4) is 5.75 Å². The zero-order chi connectivity index (χ0) is 24.4. The molecule has 0 aromatic heterocycles. The van der Waals surface area contributed by atoms with Gasteiger partial charge in [-0.05, 0) is 29.5 Å². The molecule has 0 aliphatic carbocycles. The summed E-state index contributed by atoms with van der Waals surface area (Å²) in [5.74, 6) is -3.26. The number of nitrogens with one attached hydrogen (secondary N) is 3. The van der Waals surface area contributed by atoms with E-state index in [-0.39, 0.29) is 24.0 Å². The van der Waals surface area contributed by atoms with Gasteiger partial charge < -0.3 is 31.9 Å². The van der Waals surface area contributed by atoms with E-state index in [1.807, 2.05) is 6.92 Å². The maximum atomic E-state index is 13.1. The van der Waals surface area contributed by atoms with Gasteiger partial charge in [0.15, 0.2) is 0 Å². The van der Waals surface area contributed by atoms with Crippen LogP contribution in [0.25, 0.3) is 0 Å². The molecule has 4 unspecified atom stereocenters. The van der Waals surface area contributed by atoms with Crippen molar-refractivity contribution in [1.82, 2.24) is 16.0 Å². The number of nitrogens with two attached hydrogens (primary N) is 1. The van der Waals surface area contributed by atoms with Crippen molar-refractivity contribution in [2.75, 3.05) is 6.54 Å². The zero-order valence-corrected chi connectivity index (χ0v) is 18.9. The van der Waals surface area contributed by atoms with Crippen molar-refractivity contribution in [1.29, 1.82) is 0 Å². The number of carboxylic acid groups (broad SMARTS) is 1. The lowest BCUT2D eigenvalue weighted by molar-refractivity contribution is -0.138. The fourth-order valence-corrected chi connectivity index (χ4v) is 2.88. The SMILES string of the molecule is CCC(C)C(NC(=O)C(N)C(C)C)C(=O)NC(Cc1ccc(O)cc1)C(=O)NCC(=O)O. The second-order valence-electron chi connectivity index (χ2n) is 8.18. The van der Waals surface area contributed by atoms with E-state index >= 15 is 0 Å². The highest BCUT2D eigenvalue weighted by Crippen LogP contribution is 2.13. The molecular formula is C22H34N4O6. The number of aliphatic carboxylic acids is 1. The van der Waals surface area contributed by atoms with Gasteiger partial charge >= 0.3 is 5.97 Å². The Bertz CT molecular complexity index is 796. The lowest BCUT2D eigenvalue weighted by Gasteiger charge is -2.28. The minimum atomic E-state index is -1.22. The van der Waals surface area contributed by atoms with E-state index in [1.54, 1.807) is 32.9 Å². The summed E-state index contributed by atoms with van der Waals surface area (Å²) >= 11 is 0. The number of hydrogen-bond donors (Lipinski definition) is 6. The number of aromatic hydroxyl groups is 1. The standard InChI is InChI=1S/C22H34N4O6/c1-5-13(4)19(26-21(31)18(23)12(2)3)22(32)25-16(20(30)24-11-17(28)29)10-14-6-8-15(27)9-7-14/h6-9,12-13,16,18-19,27H,5,10-11,23H2,1-4H3,(H,24,30)(H,25,32)(H,26,31)(H,28,29). The van der Waals surface area contributed by atoms with E-state index in [0.717, 1.165) is 0 Å². The molecule has 10 heteroatoms. The molecule has 178 valence electrons. The lowest BCUT2D eigenvalue weighted by atomic mass is 9.96. The number of carbonyl (C=O) groups is 4. The van der Waals surface area contributed by atoms with Crippen molar-refractivity contribution < 1.29 is 29.4 Å². The molecule has 0 saturated heterocycles. The largest absolute Gasteiger partial charge is 0.508 e. The molecule has 7 N–H and O–H groups in total. The number of rotatable bonds is 12. The summed E-state index contributed by atoms with van der Waals surface area (Å²) in [7, 11) is 0. The van der Waals surface area contributed by atoms with Crippen LogP contribution >= 0.6 is 0 Å². The number of amides is 3. The van der Waals surface area contributed by atoms with Crippen LogP contribution < -0.4 is 21.7 Å². The molecule has 0 fully saturated rings. The van der Waals surface area contributed by atoms with Crippen LogP contribution in [0, 0.1) is 11.8 Å². The molecule has 32 heavy (non-hydrogen) atoms. The summed E-state index contributed by atoms with van der Waals surface area (Å²) in [5.41, 5.74) is 6.54. The van der Waals surface area contributed by atoms with Crippen LogP contribution in [0.5, 0.6) is 5.75 Å². The summed E-state index contributed by atoms with van der Waals surface area (Å²) in [6, 6.07) is 3.27. The van der Waals surface area contributed by atoms with Gasteiger partial charge in [0.2, 0.25) is 17.7 Å². The van der Waals surface area contributed by atoms with Crippen LogP contribution in [-0.2, 0) is 25.6 Å². The van der Waals surface area contributed by atoms with Crippen molar-refractivity contribution >= 4 is 23.7 Å². The highest BCUT2D eigenvalue weighted by atomic mass is 16.4. The summed E-state index contributed by atoms with van der Waals surface area (Å²) in [6.45, 7) is 6.65. The van der Waals surface area contributed by atoms with Crippen LogP contribution in [0.3, 0.4) is 0 Å². The van der Waals surface area contributed by atoms with E-state index in [2.05, 4.69) is 16.0 Å². The molecule has 0 radical (unpaired) electrons. The number of benzene rings is 1. The quantitative estimate of drug-likeness (QED) is 0.263. The average Bonchev–Trinajstić information content (AvgIpc) is 2.75. The monoisotopic (exact) mass is 450 g/mol. The fourth-order valence-electron chi connectivity index (χ4n) is 2.88. The molecule has 0 bridgehead atoms. The van der Waals surface area contributed by atoms with Gasteiger partial charge in [-0.2, -0.15) is 0 Å². The lowest BCUT2D eigenvalue weighted by Crippen LogP contribution is -2.58. The third-order valence-electron chi connectivity index (χ3n) is 5.24. The van der Waals surface area contributed by atoms with E-state index in [0.29, 0.717) is 12.0 Å². The van der Waals surface area contributed by atoms with Crippen LogP contribution in [-0.4, -0.2) is 58.6 Å². The number of phenols is 1. The Hall–Kier alpha value is -3.14. The first-order valence-electron chi connectivity index (χ1n) is 10.6. The van der Waals surface area contributed by atoms with Gasteiger partial charge in [0, 0.05) is 6.42 Å². The van der Waals surface area contributed by atoms with Crippen LogP contribution in [0.4, 0.5) is 0 Å². The predicted molar refractivity (Wildman–Crippen MR) is 119 cm³/mol. The highest BCUT2D eigenvalue weighted by Gasteiger charge is 2.31. The smallest absolute Gasteiger partial charge is 0.322 e. The highest BCUT2D eigenvalue weighted by molar-refractivity contribution is 5.94. The molecule has 4 atom stereocenters. The Morgan fingerprint density at radius 1 is 0.969 bits per heavy atom. The molecule has 0 aliphatic rings. The molecular weight excluding hydrogens is 416 g/mol. The Labute approximate surface area is 187 Å². The Kier molecular flexibility index (Phi) is 10.6. The Morgan fingerprint density at radius 3 is 2.06 bits per heavy atom. The van der Waals surface area contributed by atoms with Gasteiger partial charge in [0.1, 0.15) is 24.4 Å². The topological polar surface area (TPSA) is 171 Å². The van der Waals surface area contributed by atoms with Crippen LogP contribution in [0.2, 0.25) is 0 Å². The second-order valence-corrected chi connectivity index (χ2v) is 8.18. The molecule has 0 heterocycles. The Morgan fingerprint density at radius 2 is 1.56 bits per heavy atom. The minimum Gasteiger partial charge on any atom is -0.508 e. The van der Waals surface area contributed by atoms with Gasteiger partial charge in [0.05, 0.1) is 6.04 Å². The van der Waals surface area contributed by atoms with E-state index in [4.69, 9.17) is 10.8 Å². The van der Waals surface area contributed by atoms with Gasteiger partial charge in [-0.3, -0.25) is 19.2 Å². The molecule has 0 saturated carbocycles. The molecule has 1 aromatic rings. The third kappa shape index (κ3) is 8.54. The van der Waals surface area contributed by atoms with Crippen molar-refractivity contribution in [3.05, 3.63) is 29.8 Å². The van der Waals surface area contributed by atoms with Crippen molar-refractivity contribution in [2.24, 2.45) is 17.6 Å². The predicted octanol–water partition coefficient (Wildman–Crippen LogP) is 0.135. The third-order valence-corrected chi connectivity index (χ3v) is 5.24. The van der Waals surface area contributed by atoms with Gasteiger partial charge in [0.25, 0.3) is 0 Å². The van der Waals surface area contributed by atoms with E-state index < -0.39 is 48.4 Å².